The summed E-state index contributed by atoms with van der Waals surface area (Å²) >= 11 is 1.78. The molecule has 3 aromatic rings. The first-order valence-electron chi connectivity index (χ1n) is 11.1. The van der Waals surface area contributed by atoms with E-state index in [4.69, 9.17) is 19.7 Å². The Kier molecular flexibility index (Phi) is 4.73. The molecule has 0 atom stereocenters. The molecule has 3 aliphatic rings. The Balaban J connectivity index is 1.53. The van der Waals surface area contributed by atoms with Gasteiger partial charge in [0.1, 0.15) is 22.8 Å². The number of anilines is 2. The lowest BCUT2D eigenvalue weighted by atomic mass is 9.90. The predicted octanol–water partition coefficient (Wildman–Crippen LogP) is 2.71. The van der Waals surface area contributed by atoms with Crippen LogP contribution in [0.1, 0.15) is 24.0 Å². The molecule has 0 radical (unpaired) electrons. The zero-order chi connectivity index (χ0) is 20.1. The number of likely N-dealkylation sites (N-methyl/N-ethyl adjacent to an activating group) is 1. The van der Waals surface area contributed by atoms with Gasteiger partial charge in [-0.15, -0.1) is 11.3 Å². The summed E-state index contributed by atoms with van der Waals surface area (Å²) in [6.45, 7) is 7.63. The molecule has 2 aliphatic heterocycles. The normalized spacial score (nSPS) is 20.8. The van der Waals surface area contributed by atoms with E-state index >= 15 is 0 Å². The number of morpholine rings is 1. The molecule has 0 unspecified atom stereocenters. The van der Waals surface area contributed by atoms with E-state index in [0.717, 1.165) is 81.5 Å². The van der Waals surface area contributed by atoms with Crippen molar-refractivity contribution in [3.63, 3.8) is 0 Å². The molecule has 0 amide bonds. The predicted molar refractivity (Wildman–Crippen MR) is 122 cm³/mol. The van der Waals surface area contributed by atoms with Gasteiger partial charge in [-0.05, 0) is 43.9 Å². The van der Waals surface area contributed by atoms with E-state index in [1.54, 1.807) is 17.7 Å². The zero-order valence-corrected chi connectivity index (χ0v) is 18.4. The molecule has 0 aromatic carbocycles. The van der Waals surface area contributed by atoms with Crippen LogP contribution in [0.15, 0.2) is 6.33 Å². The van der Waals surface area contributed by atoms with Gasteiger partial charge in [0.05, 0.1) is 23.4 Å². The Morgan fingerprint density at radius 1 is 0.867 bits per heavy atom. The van der Waals surface area contributed by atoms with E-state index in [2.05, 4.69) is 21.7 Å². The summed E-state index contributed by atoms with van der Waals surface area (Å²) in [7, 11) is 2.19. The van der Waals surface area contributed by atoms with E-state index in [1.807, 2.05) is 0 Å². The molecule has 8 heteroatoms. The molecule has 0 saturated carbocycles. The number of ether oxygens (including phenoxy) is 1. The molecule has 0 N–H and O–H groups in total. The van der Waals surface area contributed by atoms with Crippen molar-refractivity contribution in [3.05, 3.63) is 17.5 Å². The van der Waals surface area contributed by atoms with Crippen molar-refractivity contribution in [3.8, 4) is 0 Å². The summed E-state index contributed by atoms with van der Waals surface area (Å²) in [6, 6.07) is 0. The van der Waals surface area contributed by atoms with Crippen molar-refractivity contribution >= 4 is 43.4 Å². The molecule has 5 heterocycles. The van der Waals surface area contributed by atoms with E-state index < -0.39 is 0 Å². The van der Waals surface area contributed by atoms with E-state index in [9.17, 15) is 0 Å². The highest BCUT2D eigenvalue weighted by Crippen LogP contribution is 2.43. The fraction of sp³-hybridized carbons (Fsp3) is 0.591. The van der Waals surface area contributed by atoms with Crippen molar-refractivity contribution in [1.29, 1.82) is 0 Å². The molecule has 0 spiro atoms. The van der Waals surface area contributed by atoms with Crippen LogP contribution in [0.5, 0.6) is 0 Å². The minimum absolute atomic E-state index is 0.792. The Labute approximate surface area is 180 Å². The zero-order valence-electron chi connectivity index (χ0n) is 17.6. The lowest BCUT2D eigenvalue weighted by molar-refractivity contribution is 0.122. The third kappa shape index (κ3) is 3.04. The number of rotatable bonds is 2. The van der Waals surface area contributed by atoms with Crippen LogP contribution in [0.3, 0.4) is 0 Å². The lowest BCUT2D eigenvalue weighted by Crippen LogP contribution is -2.44. The summed E-state index contributed by atoms with van der Waals surface area (Å²) in [5.74, 6) is 2.29. The summed E-state index contributed by atoms with van der Waals surface area (Å²) in [5.41, 5.74) is 4.05. The maximum Gasteiger partial charge on any atom is 0.150 e. The summed E-state index contributed by atoms with van der Waals surface area (Å²) in [4.78, 5) is 23.1. The van der Waals surface area contributed by atoms with E-state index in [-0.39, 0.29) is 0 Å². The molecule has 2 fully saturated rings. The van der Waals surface area contributed by atoms with Gasteiger partial charge >= 0.3 is 0 Å². The monoisotopic (exact) mass is 424 g/mol. The van der Waals surface area contributed by atoms with E-state index in [1.165, 1.54) is 39.9 Å². The molecule has 3 aromatic heterocycles. The molecule has 0 bridgehead atoms. The maximum absolute atomic E-state index is 5.60. The number of fused-ring (bicyclic) bond motifs is 5. The highest BCUT2D eigenvalue weighted by Gasteiger charge is 2.27. The van der Waals surface area contributed by atoms with Crippen LogP contribution in [0.25, 0.3) is 20.4 Å². The third-order valence-corrected chi connectivity index (χ3v) is 7.86. The van der Waals surface area contributed by atoms with Gasteiger partial charge in [0.2, 0.25) is 0 Å². The van der Waals surface area contributed by atoms with Gasteiger partial charge in [0.25, 0.3) is 0 Å². The second-order valence-electron chi connectivity index (χ2n) is 8.65. The van der Waals surface area contributed by atoms with Crippen LogP contribution in [-0.4, -0.2) is 79.4 Å². The van der Waals surface area contributed by atoms with Crippen molar-refractivity contribution in [1.82, 2.24) is 19.9 Å². The summed E-state index contributed by atoms with van der Waals surface area (Å²) in [5, 5.41) is 1.29. The largest absolute Gasteiger partial charge is 0.378 e. The number of nitrogens with zero attached hydrogens (tertiary/aromatic N) is 6. The number of aromatic nitrogens is 3. The molecule has 6 rings (SSSR count). The fourth-order valence-corrected chi connectivity index (χ4v) is 6.28. The molecular formula is C22H28N6OS. The van der Waals surface area contributed by atoms with E-state index in [0.29, 0.717) is 0 Å². The standard InChI is InChI=1S/C22H28N6OS/c1-26-6-8-27(9-7-26)21-19-18(23-14-24-21)17-15-4-2-3-5-16(15)20(25-22(17)30-19)28-10-12-29-13-11-28/h14H,2-13H2,1H3. The van der Waals surface area contributed by atoms with Crippen molar-refractivity contribution < 1.29 is 4.74 Å². The first kappa shape index (κ1) is 18.7. The minimum Gasteiger partial charge on any atom is -0.378 e. The van der Waals surface area contributed by atoms with Crippen molar-refractivity contribution in [2.24, 2.45) is 0 Å². The Morgan fingerprint density at radius 2 is 1.60 bits per heavy atom. The first-order chi connectivity index (χ1) is 14.8. The Hall–Kier alpha value is -2.03. The number of pyridine rings is 1. The molecule has 1 aliphatic carbocycles. The van der Waals surface area contributed by atoms with Crippen molar-refractivity contribution in [2.75, 3.05) is 69.3 Å². The van der Waals surface area contributed by atoms with Gasteiger partial charge in [-0.25, -0.2) is 15.0 Å². The second kappa shape index (κ2) is 7.59. The minimum atomic E-state index is 0.792. The Bertz CT molecular complexity index is 1080. The fourth-order valence-electron chi connectivity index (χ4n) is 5.11. The quantitative estimate of drug-likeness (QED) is 0.627. The van der Waals surface area contributed by atoms with Crippen LogP contribution < -0.4 is 9.80 Å². The van der Waals surface area contributed by atoms with Gasteiger partial charge in [-0.1, -0.05) is 0 Å². The highest BCUT2D eigenvalue weighted by molar-refractivity contribution is 7.26. The molecule has 30 heavy (non-hydrogen) atoms. The van der Waals surface area contributed by atoms with Crippen LogP contribution in [0.2, 0.25) is 0 Å². The molecular weight excluding hydrogens is 396 g/mol. The number of hydrogen-bond donors (Lipinski definition) is 0. The summed E-state index contributed by atoms with van der Waals surface area (Å²) < 4.78 is 6.80. The molecule has 2 saturated heterocycles. The lowest BCUT2D eigenvalue weighted by Gasteiger charge is -2.33. The van der Waals surface area contributed by atoms with Crippen LogP contribution in [-0.2, 0) is 17.6 Å². The average molecular weight is 425 g/mol. The number of aryl methyl sites for hydroxylation is 1. The highest BCUT2D eigenvalue weighted by atomic mass is 32.1. The smallest absolute Gasteiger partial charge is 0.150 e. The van der Waals surface area contributed by atoms with Gasteiger partial charge in [-0.3, -0.25) is 0 Å². The SMILES string of the molecule is CN1CCN(c2ncnc3c2sc2nc(N4CCOCC4)c4c(c23)CCCC4)CC1. The second-order valence-corrected chi connectivity index (χ2v) is 9.65. The summed E-state index contributed by atoms with van der Waals surface area (Å²) in [6.07, 6.45) is 6.51. The Morgan fingerprint density at radius 3 is 2.40 bits per heavy atom. The number of hydrogen-bond acceptors (Lipinski definition) is 8. The number of thiophene rings is 1. The average Bonchev–Trinajstić information content (AvgIpc) is 3.19. The van der Waals surface area contributed by atoms with Crippen LogP contribution in [0.4, 0.5) is 11.6 Å². The van der Waals surface area contributed by atoms with Gasteiger partial charge in [-0.2, -0.15) is 0 Å². The topological polar surface area (TPSA) is 57.6 Å². The first-order valence-corrected chi connectivity index (χ1v) is 12.0. The maximum atomic E-state index is 5.60. The third-order valence-electron chi connectivity index (χ3n) is 6.79. The number of piperazine rings is 1. The van der Waals surface area contributed by atoms with Crippen LogP contribution in [0, 0.1) is 0 Å². The van der Waals surface area contributed by atoms with Gasteiger partial charge in [0.15, 0.2) is 0 Å². The molecule has 7 nitrogen and oxygen atoms in total. The molecule has 158 valence electrons. The van der Waals surface area contributed by atoms with Crippen molar-refractivity contribution in [2.45, 2.75) is 25.7 Å². The van der Waals surface area contributed by atoms with Gasteiger partial charge in [0, 0.05) is 44.7 Å². The van der Waals surface area contributed by atoms with Gasteiger partial charge < -0.3 is 19.4 Å². The van der Waals surface area contributed by atoms with Crippen LogP contribution >= 0.6 is 11.3 Å².